The van der Waals surface area contributed by atoms with Crippen LogP contribution >= 0.6 is 24.0 Å². The highest BCUT2D eigenvalue weighted by Gasteiger charge is 2.20. The lowest BCUT2D eigenvalue weighted by Gasteiger charge is -2.26. The number of aliphatic imine (C=N–C) groups is 1. The first-order chi connectivity index (χ1) is 12.9. The summed E-state index contributed by atoms with van der Waals surface area (Å²) in [6.07, 6.45) is 0.997. The van der Waals surface area contributed by atoms with E-state index in [2.05, 4.69) is 39.6 Å². The summed E-state index contributed by atoms with van der Waals surface area (Å²) in [6, 6.07) is 8.20. The van der Waals surface area contributed by atoms with E-state index in [0.29, 0.717) is 19.0 Å². The first-order valence-corrected chi connectivity index (χ1v) is 11.3. The van der Waals surface area contributed by atoms with Crippen LogP contribution in [0.1, 0.15) is 24.8 Å². The van der Waals surface area contributed by atoms with E-state index in [9.17, 15) is 8.42 Å². The van der Waals surface area contributed by atoms with Crippen molar-refractivity contribution in [2.75, 3.05) is 58.4 Å². The summed E-state index contributed by atoms with van der Waals surface area (Å²) >= 11 is 0. The van der Waals surface area contributed by atoms with Crippen molar-refractivity contribution < 1.29 is 13.2 Å². The normalized spacial score (nSPS) is 18.0. The zero-order chi connectivity index (χ0) is 19.7. The van der Waals surface area contributed by atoms with Gasteiger partial charge in [-0.1, -0.05) is 19.1 Å². The molecule has 1 atom stereocenters. The number of hydrogen-bond acceptors (Lipinski definition) is 5. The third kappa shape index (κ3) is 8.52. The predicted molar refractivity (Wildman–Crippen MR) is 126 cm³/mol. The molecular weight excluding hydrogens is 491 g/mol. The second kappa shape index (κ2) is 12.5. The van der Waals surface area contributed by atoms with Crippen LogP contribution < -0.4 is 15.4 Å². The SMILES string of the molecule is CN=C(NCCC(C)c1ccc(OC)cc1)NCCN1CCS(=O)(=O)CC1.I. The fourth-order valence-corrected chi connectivity index (χ4v) is 4.31. The molecule has 1 fully saturated rings. The average molecular weight is 524 g/mol. The van der Waals surface area contributed by atoms with Crippen LogP contribution in [0.4, 0.5) is 0 Å². The number of halogens is 1. The molecule has 9 heteroatoms. The molecular formula is C19H33IN4O3S. The highest BCUT2D eigenvalue weighted by Crippen LogP contribution is 2.21. The first-order valence-electron chi connectivity index (χ1n) is 9.45. The number of methoxy groups -OCH3 is 1. The van der Waals surface area contributed by atoms with E-state index in [-0.39, 0.29) is 35.5 Å². The molecule has 2 N–H and O–H groups in total. The quantitative estimate of drug-likeness (QED) is 0.306. The van der Waals surface area contributed by atoms with Gasteiger partial charge in [-0.05, 0) is 30.0 Å². The van der Waals surface area contributed by atoms with Crippen molar-refractivity contribution in [3.63, 3.8) is 0 Å². The zero-order valence-corrected chi connectivity index (χ0v) is 20.1. The lowest BCUT2D eigenvalue weighted by atomic mass is 9.98. The van der Waals surface area contributed by atoms with E-state index >= 15 is 0 Å². The van der Waals surface area contributed by atoms with Crippen molar-refractivity contribution in [3.05, 3.63) is 29.8 Å². The molecule has 1 unspecified atom stereocenters. The van der Waals surface area contributed by atoms with Crippen LogP contribution in [0.25, 0.3) is 0 Å². The summed E-state index contributed by atoms with van der Waals surface area (Å²) in [5, 5.41) is 6.64. The Morgan fingerprint density at radius 3 is 2.36 bits per heavy atom. The molecule has 0 aromatic heterocycles. The van der Waals surface area contributed by atoms with Gasteiger partial charge in [0.15, 0.2) is 15.8 Å². The van der Waals surface area contributed by atoms with E-state index in [1.165, 1.54) is 5.56 Å². The number of hydrogen-bond donors (Lipinski definition) is 2. The van der Waals surface area contributed by atoms with Crippen LogP contribution in [-0.2, 0) is 9.84 Å². The van der Waals surface area contributed by atoms with Gasteiger partial charge in [0.2, 0.25) is 0 Å². The molecule has 1 aromatic rings. The molecule has 7 nitrogen and oxygen atoms in total. The Morgan fingerprint density at radius 2 is 1.79 bits per heavy atom. The minimum absolute atomic E-state index is 0. The van der Waals surface area contributed by atoms with Crippen molar-refractivity contribution in [2.45, 2.75) is 19.3 Å². The Morgan fingerprint density at radius 1 is 1.18 bits per heavy atom. The van der Waals surface area contributed by atoms with Gasteiger partial charge in [-0.15, -0.1) is 24.0 Å². The largest absolute Gasteiger partial charge is 0.497 e. The Kier molecular flexibility index (Phi) is 11.1. The predicted octanol–water partition coefficient (Wildman–Crippen LogP) is 1.70. The third-order valence-corrected chi connectivity index (χ3v) is 6.54. The van der Waals surface area contributed by atoms with Gasteiger partial charge in [-0.25, -0.2) is 8.42 Å². The lowest BCUT2D eigenvalue weighted by molar-refractivity contribution is 0.299. The van der Waals surface area contributed by atoms with Crippen molar-refractivity contribution in [3.8, 4) is 5.75 Å². The Bertz CT molecular complexity index is 696. The summed E-state index contributed by atoms with van der Waals surface area (Å²) in [5.74, 6) is 2.63. The molecule has 1 aromatic carbocycles. The average Bonchev–Trinajstić information content (AvgIpc) is 2.68. The lowest BCUT2D eigenvalue weighted by Crippen LogP contribution is -2.46. The monoisotopic (exact) mass is 524 g/mol. The van der Waals surface area contributed by atoms with Gasteiger partial charge in [0.1, 0.15) is 5.75 Å². The first kappa shape index (κ1) is 25.0. The van der Waals surface area contributed by atoms with Crippen LogP contribution in [0.3, 0.4) is 0 Å². The van der Waals surface area contributed by atoms with Gasteiger partial charge in [-0.2, -0.15) is 0 Å². The summed E-state index contributed by atoms with van der Waals surface area (Å²) < 4.78 is 28.1. The van der Waals surface area contributed by atoms with E-state index in [1.54, 1.807) is 14.2 Å². The van der Waals surface area contributed by atoms with E-state index in [1.807, 2.05) is 12.1 Å². The van der Waals surface area contributed by atoms with E-state index in [0.717, 1.165) is 37.8 Å². The zero-order valence-electron chi connectivity index (χ0n) is 17.0. The molecule has 0 radical (unpaired) electrons. The number of guanidine groups is 1. The van der Waals surface area contributed by atoms with Gasteiger partial charge in [0, 0.05) is 39.8 Å². The van der Waals surface area contributed by atoms with Crippen LogP contribution in [0.2, 0.25) is 0 Å². The van der Waals surface area contributed by atoms with E-state index < -0.39 is 9.84 Å². The summed E-state index contributed by atoms with van der Waals surface area (Å²) in [4.78, 5) is 6.42. The Labute approximate surface area is 186 Å². The van der Waals surface area contributed by atoms with Crippen LogP contribution in [-0.4, -0.2) is 77.7 Å². The molecule has 28 heavy (non-hydrogen) atoms. The molecule has 2 rings (SSSR count). The van der Waals surface area contributed by atoms with Gasteiger partial charge in [0.05, 0.1) is 18.6 Å². The summed E-state index contributed by atoms with van der Waals surface area (Å²) in [6.45, 7) is 5.84. The second-order valence-electron chi connectivity index (χ2n) is 6.88. The molecule has 0 spiro atoms. The minimum atomic E-state index is -2.81. The fraction of sp³-hybridized carbons (Fsp3) is 0.632. The molecule has 1 aliphatic rings. The Balaban J connectivity index is 0.00000392. The van der Waals surface area contributed by atoms with Crippen molar-refractivity contribution in [1.82, 2.24) is 15.5 Å². The fourth-order valence-electron chi connectivity index (χ4n) is 3.03. The van der Waals surface area contributed by atoms with Crippen molar-refractivity contribution in [1.29, 1.82) is 0 Å². The van der Waals surface area contributed by atoms with Gasteiger partial charge in [-0.3, -0.25) is 9.89 Å². The molecule has 1 aliphatic heterocycles. The van der Waals surface area contributed by atoms with Crippen LogP contribution in [0.15, 0.2) is 29.3 Å². The Hall–Kier alpha value is -1.07. The smallest absolute Gasteiger partial charge is 0.191 e. The summed E-state index contributed by atoms with van der Waals surface area (Å²) in [5.41, 5.74) is 1.29. The van der Waals surface area contributed by atoms with Crippen molar-refractivity contribution in [2.24, 2.45) is 4.99 Å². The maximum Gasteiger partial charge on any atom is 0.191 e. The molecule has 0 aliphatic carbocycles. The van der Waals surface area contributed by atoms with Crippen molar-refractivity contribution >= 4 is 39.8 Å². The highest BCUT2D eigenvalue weighted by atomic mass is 127. The van der Waals surface area contributed by atoms with Crippen LogP contribution in [0, 0.1) is 0 Å². The summed E-state index contributed by atoms with van der Waals surface area (Å²) in [7, 11) is 0.620. The minimum Gasteiger partial charge on any atom is -0.497 e. The standard InChI is InChI=1S/C19H32N4O3S.HI/c1-16(17-4-6-18(26-3)7-5-17)8-9-21-19(20-2)22-10-11-23-12-14-27(24,25)15-13-23;/h4-7,16H,8-15H2,1-3H3,(H2,20,21,22);1H. The molecule has 1 saturated heterocycles. The third-order valence-electron chi connectivity index (χ3n) is 4.94. The number of benzene rings is 1. The topological polar surface area (TPSA) is 83.0 Å². The molecule has 1 heterocycles. The number of nitrogens with zero attached hydrogens (tertiary/aromatic N) is 2. The molecule has 0 amide bonds. The van der Waals surface area contributed by atoms with E-state index in [4.69, 9.17) is 4.74 Å². The maximum atomic E-state index is 11.5. The maximum absolute atomic E-state index is 11.5. The highest BCUT2D eigenvalue weighted by molar-refractivity contribution is 14.0. The number of sulfone groups is 1. The molecule has 0 saturated carbocycles. The molecule has 160 valence electrons. The second-order valence-corrected chi connectivity index (χ2v) is 9.19. The van der Waals surface area contributed by atoms with Gasteiger partial charge >= 0.3 is 0 Å². The number of ether oxygens (including phenoxy) is 1. The number of rotatable bonds is 8. The number of nitrogens with one attached hydrogen (secondary N) is 2. The van der Waals surface area contributed by atoms with Gasteiger partial charge < -0.3 is 15.4 Å². The van der Waals surface area contributed by atoms with Gasteiger partial charge in [0.25, 0.3) is 0 Å². The van der Waals surface area contributed by atoms with Crippen LogP contribution in [0.5, 0.6) is 5.75 Å². The molecule has 0 bridgehead atoms.